The number of guanidine groups is 1. The predicted molar refractivity (Wildman–Crippen MR) is 122 cm³/mol. The maximum absolute atomic E-state index is 10.7. The van der Waals surface area contributed by atoms with Gasteiger partial charge in [0, 0.05) is 18.3 Å². The Kier molecular flexibility index (Phi) is 10.7. The lowest BCUT2D eigenvalue weighted by atomic mass is 9.79. The van der Waals surface area contributed by atoms with Crippen LogP contribution in [0, 0.1) is 0 Å². The van der Waals surface area contributed by atoms with Gasteiger partial charge in [0.1, 0.15) is 5.75 Å². The monoisotopic (exact) mass is 493 g/mol. The number of benzene rings is 1. The van der Waals surface area contributed by atoms with E-state index in [9.17, 15) is 5.11 Å². The van der Waals surface area contributed by atoms with E-state index < -0.39 is 5.60 Å². The smallest absolute Gasteiger partial charge is 0.191 e. The summed E-state index contributed by atoms with van der Waals surface area (Å²) in [4.78, 5) is 4.61. The number of hydrogen-bond acceptors (Lipinski definition) is 4. The highest BCUT2D eigenvalue weighted by atomic mass is 127. The van der Waals surface area contributed by atoms with Gasteiger partial charge in [0.25, 0.3) is 0 Å². The third-order valence-corrected chi connectivity index (χ3v) is 5.94. The van der Waals surface area contributed by atoms with Crippen molar-refractivity contribution in [2.45, 2.75) is 44.0 Å². The van der Waals surface area contributed by atoms with Gasteiger partial charge in [-0.1, -0.05) is 19.1 Å². The fourth-order valence-electron chi connectivity index (χ4n) is 2.89. The lowest BCUT2D eigenvalue weighted by Crippen LogP contribution is -2.53. The summed E-state index contributed by atoms with van der Waals surface area (Å²) < 4.78 is 5.18. The molecule has 0 aromatic heterocycles. The maximum Gasteiger partial charge on any atom is 0.191 e. The van der Waals surface area contributed by atoms with Crippen LogP contribution in [0.3, 0.4) is 0 Å². The van der Waals surface area contributed by atoms with Crippen molar-refractivity contribution in [1.29, 1.82) is 0 Å². The maximum atomic E-state index is 10.7. The van der Waals surface area contributed by atoms with Gasteiger partial charge in [-0.05, 0) is 49.6 Å². The molecule has 148 valence electrons. The molecule has 2 unspecified atom stereocenters. The zero-order valence-electron chi connectivity index (χ0n) is 16.0. The summed E-state index contributed by atoms with van der Waals surface area (Å²) in [5, 5.41) is 17.6. The molecule has 0 bridgehead atoms. The van der Waals surface area contributed by atoms with Crippen molar-refractivity contribution in [3.63, 3.8) is 0 Å². The lowest BCUT2D eigenvalue weighted by molar-refractivity contribution is -0.0154. The van der Waals surface area contributed by atoms with Crippen LogP contribution in [0.5, 0.6) is 5.75 Å². The number of aliphatic hydroxyl groups is 1. The molecule has 0 saturated heterocycles. The number of thioether (sulfide) groups is 1. The van der Waals surface area contributed by atoms with Crippen molar-refractivity contribution in [2.75, 3.05) is 32.5 Å². The third-order valence-electron chi connectivity index (χ3n) is 4.53. The predicted octanol–water partition coefficient (Wildman–Crippen LogP) is 3.06. The summed E-state index contributed by atoms with van der Waals surface area (Å²) in [5.74, 6) is 2.69. The molecule has 1 aromatic carbocycles. The van der Waals surface area contributed by atoms with E-state index in [2.05, 4.69) is 41.6 Å². The molecular weight excluding hydrogens is 461 g/mol. The van der Waals surface area contributed by atoms with Crippen molar-refractivity contribution in [3.8, 4) is 5.75 Å². The minimum absolute atomic E-state index is 0. The Morgan fingerprint density at radius 3 is 2.58 bits per heavy atom. The molecule has 0 spiro atoms. The molecule has 1 aromatic rings. The molecule has 3 N–H and O–H groups in total. The number of aliphatic imine (C=N–C) groups is 1. The second kappa shape index (κ2) is 11.9. The van der Waals surface area contributed by atoms with Crippen LogP contribution < -0.4 is 15.4 Å². The summed E-state index contributed by atoms with van der Waals surface area (Å²) >= 11 is 1.84. The summed E-state index contributed by atoms with van der Waals surface area (Å²) in [6.45, 7) is 6.25. The number of ether oxygens (including phenoxy) is 1. The molecule has 1 fully saturated rings. The Bertz CT molecular complexity index is 556. The zero-order chi connectivity index (χ0) is 18.1. The van der Waals surface area contributed by atoms with Crippen molar-refractivity contribution >= 4 is 41.7 Å². The van der Waals surface area contributed by atoms with Crippen LogP contribution in [0.25, 0.3) is 0 Å². The van der Waals surface area contributed by atoms with Gasteiger partial charge in [-0.25, -0.2) is 0 Å². The summed E-state index contributed by atoms with van der Waals surface area (Å²) in [5.41, 5.74) is 0.611. The lowest BCUT2D eigenvalue weighted by Gasteiger charge is -2.44. The molecule has 1 aliphatic rings. The average Bonchev–Trinajstić information content (AvgIpc) is 2.63. The van der Waals surface area contributed by atoms with Gasteiger partial charge in [-0.3, -0.25) is 4.99 Å². The van der Waals surface area contributed by atoms with Crippen LogP contribution in [-0.2, 0) is 6.42 Å². The van der Waals surface area contributed by atoms with Crippen LogP contribution >= 0.6 is 35.7 Å². The van der Waals surface area contributed by atoms with E-state index in [0.717, 1.165) is 49.8 Å². The Hall–Kier alpha value is -0.670. The SMILES string of the molecule is CCNC(=NCC1(O)CCC1SCC)NCCc1ccc(OC)cc1.I. The molecule has 0 aliphatic heterocycles. The van der Waals surface area contributed by atoms with Crippen molar-refractivity contribution in [2.24, 2.45) is 4.99 Å². The minimum Gasteiger partial charge on any atom is -0.497 e. The van der Waals surface area contributed by atoms with Crippen molar-refractivity contribution < 1.29 is 9.84 Å². The fourth-order valence-corrected chi connectivity index (χ4v) is 4.08. The molecule has 7 heteroatoms. The highest BCUT2D eigenvalue weighted by molar-refractivity contribution is 14.0. The highest BCUT2D eigenvalue weighted by Gasteiger charge is 2.45. The third kappa shape index (κ3) is 6.81. The number of rotatable bonds is 9. The number of halogens is 1. The van der Waals surface area contributed by atoms with E-state index in [-0.39, 0.29) is 24.0 Å². The van der Waals surface area contributed by atoms with Crippen LogP contribution in [0.4, 0.5) is 0 Å². The summed E-state index contributed by atoms with van der Waals surface area (Å²) in [6.07, 6.45) is 2.85. The van der Waals surface area contributed by atoms with Gasteiger partial charge in [0.2, 0.25) is 0 Å². The largest absolute Gasteiger partial charge is 0.497 e. The van der Waals surface area contributed by atoms with Gasteiger partial charge in [-0.2, -0.15) is 11.8 Å². The number of hydrogen-bond donors (Lipinski definition) is 3. The van der Waals surface area contributed by atoms with Crippen molar-refractivity contribution in [1.82, 2.24) is 10.6 Å². The highest BCUT2D eigenvalue weighted by Crippen LogP contribution is 2.41. The van der Waals surface area contributed by atoms with Crippen LogP contribution in [0.1, 0.15) is 32.3 Å². The first-order valence-electron chi connectivity index (χ1n) is 9.10. The molecule has 1 aliphatic carbocycles. The quantitative estimate of drug-likeness (QED) is 0.281. The zero-order valence-corrected chi connectivity index (χ0v) is 19.1. The Morgan fingerprint density at radius 1 is 1.31 bits per heavy atom. The van der Waals surface area contributed by atoms with Crippen molar-refractivity contribution in [3.05, 3.63) is 29.8 Å². The first kappa shape index (κ1) is 23.4. The van der Waals surface area contributed by atoms with Crippen LogP contribution in [0.15, 0.2) is 29.3 Å². The molecule has 5 nitrogen and oxygen atoms in total. The van der Waals surface area contributed by atoms with Gasteiger partial charge in [-0.15, -0.1) is 24.0 Å². The second-order valence-corrected chi connectivity index (χ2v) is 7.79. The van der Waals surface area contributed by atoms with E-state index in [4.69, 9.17) is 4.74 Å². The van der Waals surface area contributed by atoms with Gasteiger partial charge in [0.05, 0.1) is 19.3 Å². The molecule has 0 radical (unpaired) electrons. The van der Waals surface area contributed by atoms with Crippen LogP contribution in [0.2, 0.25) is 0 Å². The molecular formula is C19H32IN3O2S. The average molecular weight is 493 g/mol. The topological polar surface area (TPSA) is 65.9 Å². The first-order chi connectivity index (χ1) is 12.1. The minimum atomic E-state index is -0.640. The van der Waals surface area contributed by atoms with Gasteiger partial charge < -0.3 is 20.5 Å². The Labute approximate surface area is 178 Å². The van der Waals surface area contributed by atoms with E-state index in [1.165, 1.54) is 5.56 Å². The van der Waals surface area contributed by atoms with Gasteiger partial charge >= 0.3 is 0 Å². The summed E-state index contributed by atoms with van der Waals surface area (Å²) in [7, 11) is 1.68. The number of methoxy groups -OCH3 is 1. The van der Waals surface area contributed by atoms with E-state index in [1.54, 1.807) is 7.11 Å². The van der Waals surface area contributed by atoms with E-state index >= 15 is 0 Å². The molecule has 2 rings (SSSR count). The molecule has 0 heterocycles. The fraction of sp³-hybridized carbons (Fsp3) is 0.632. The van der Waals surface area contributed by atoms with Gasteiger partial charge in [0.15, 0.2) is 5.96 Å². The van der Waals surface area contributed by atoms with E-state index in [0.29, 0.717) is 11.8 Å². The second-order valence-electron chi connectivity index (χ2n) is 6.31. The molecule has 0 amide bonds. The number of nitrogens with zero attached hydrogens (tertiary/aromatic N) is 1. The molecule has 1 saturated carbocycles. The van der Waals surface area contributed by atoms with E-state index in [1.807, 2.05) is 23.9 Å². The first-order valence-corrected chi connectivity index (χ1v) is 10.1. The summed E-state index contributed by atoms with van der Waals surface area (Å²) in [6, 6.07) is 8.11. The number of nitrogens with one attached hydrogen (secondary N) is 2. The Balaban J connectivity index is 0.00000338. The molecule has 26 heavy (non-hydrogen) atoms. The standard InChI is InChI=1S/C19H31N3O2S.HI/c1-4-20-18(22-14-19(23)12-10-17(19)25-5-2)21-13-11-15-6-8-16(24-3)9-7-15;/h6-9,17,23H,4-5,10-14H2,1-3H3,(H2,20,21,22);1H. The van der Waals surface area contributed by atoms with Crippen LogP contribution in [-0.4, -0.2) is 54.4 Å². The normalized spacial score (nSPS) is 22.2. The molecule has 2 atom stereocenters. The Morgan fingerprint density at radius 2 is 2.04 bits per heavy atom.